The highest BCUT2D eigenvalue weighted by Crippen LogP contribution is 1.78. The van der Waals surface area contributed by atoms with Crippen LogP contribution in [0.1, 0.15) is 7.43 Å². The van der Waals surface area contributed by atoms with Crippen LogP contribution in [0.3, 0.4) is 0 Å². The lowest BCUT2D eigenvalue weighted by atomic mass is 12.0. The van der Waals surface area contributed by atoms with E-state index in [-0.39, 0.29) is 7.43 Å². The quantitative estimate of drug-likeness (QED) is 0.459. The van der Waals surface area contributed by atoms with E-state index in [9.17, 15) is 0 Å². The lowest BCUT2D eigenvalue weighted by Crippen LogP contribution is -1.21. The van der Waals surface area contributed by atoms with E-state index >= 15 is 0 Å². The molecule has 0 bridgehead atoms. The zero-order chi connectivity index (χ0) is 2.71. The molecule has 0 rings (SSSR count). The second-order valence-corrected chi connectivity index (χ2v) is 1.57. The molecule has 0 aliphatic heterocycles. The second kappa shape index (κ2) is 9.23. The number of rotatable bonds is 0. The zero-order valence-corrected chi connectivity index (χ0v) is 3.80. The van der Waals surface area contributed by atoms with Crippen molar-refractivity contribution in [2.45, 2.75) is 7.43 Å². The molecule has 0 saturated heterocycles. The molecule has 0 nitrogen and oxygen atoms in total. The minimum atomic E-state index is 0. The molecule has 0 aliphatic carbocycles. The van der Waals surface area contributed by atoms with Crippen molar-refractivity contribution in [3.8, 4) is 0 Å². The summed E-state index contributed by atoms with van der Waals surface area (Å²) in [5, 5.41) is 0. The van der Waals surface area contributed by atoms with Crippen LogP contribution in [0, 0.1) is 0 Å². The highest BCUT2D eigenvalue weighted by molar-refractivity contribution is 9.09. The van der Waals surface area contributed by atoms with E-state index in [1.165, 1.54) is 0 Å². The van der Waals surface area contributed by atoms with Crippen molar-refractivity contribution in [2.24, 2.45) is 0 Å². The van der Waals surface area contributed by atoms with E-state index in [0.717, 1.165) is 0 Å². The lowest BCUT2D eigenvalue weighted by Gasteiger charge is -1.42. The van der Waals surface area contributed by atoms with Crippen molar-refractivity contribution in [1.82, 2.24) is 0 Å². The van der Waals surface area contributed by atoms with Crippen LogP contribution in [0.25, 0.3) is 0 Å². The number of halogens is 2. The minimum Gasteiger partial charge on any atom is -0.114 e. The molecule has 0 heterocycles. The van der Waals surface area contributed by atoms with Gasteiger partial charge < -0.3 is 0 Å². The minimum absolute atomic E-state index is 0. The number of alkyl halides is 2. The normalized spacial score (nSPS) is 4.50. The molecule has 0 amide bonds. The van der Waals surface area contributed by atoms with Gasteiger partial charge in [0.05, 0.1) is 4.79 Å². The fraction of sp³-hybridized carbons (Fsp3) is 1.00. The van der Waals surface area contributed by atoms with Crippen LogP contribution in [0.2, 0.25) is 0 Å². The maximum atomic E-state index is 4.92. The summed E-state index contributed by atoms with van der Waals surface area (Å²) in [6, 6.07) is 0. The first kappa shape index (κ1) is 8.84. The molecule has 0 aromatic rings. The van der Waals surface area contributed by atoms with Crippen LogP contribution in [0.4, 0.5) is 0 Å². The summed E-state index contributed by atoms with van der Waals surface area (Å²) in [5.74, 6) is 0. The van der Waals surface area contributed by atoms with E-state index in [1.807, 2.05) is 0 Å². The molecule has 0 aliphatic rings. The average Bonchev–Trinajstić information content (AvgIpc) is 0.918. The van der Waals surface area contributed by atoms with Gasteiger partial charge >= 0.3 is 0 Å². The van der Waals surface area contributed by atoms with Gasteiger partial charge in [-0.2, -0.15) is 0 Å². The summed E-state index contributed by atoms with van der Waals surface area (Å²) in [6.07, 6.45) is 0. The molecular formula is C2H6BrCl. The van der Waals surface area contributed by atoms with Gasteiger partial charge in [-0.05, 0) is 0 Å². The standard InChI is InChI=1S/CH2BrCl.CH4/c2-1-3;/h1H2;1H4. The van der Waals surface area contributed by atoms with E-state index in [1.54, 1.807) is 0 Å². The van der Waals surface area contributed by atoms with Crippen LogP contribution in [-0.2, 0) is 0 Å². The van der Waals surface area contributed by atoms with Gasteiger partial charge in [0.2, 0.25) is 0 Å². The van der Waals surface area contributed by atoms with Crippen molar-refractivity contribution in [3.05, 3.63) is 0 Å². The maximum absolute atomic E-state index is 4.92. The molecule has 0 aromatic heterocycles. The zero-order valence-electron chi connectivity index (χ0n) is 1.46. The third-order valence-corrected chi connectivity index (χ3v) is 0. The molecule has 0 saturated carbocycles. The van der Waals surface area contributed by atoms with Crippen molar-refractivity contribution < 1.29 is 0 Å². The summed E-state index contributed by atoms with van der Waals surface area (Å²) in [4.78, 5) is 0.535. The third kappa shape index (κ3) is 14.6. The van der Waals surface area contributed by atoms with E-state index in [0.29, 0.717) is 4.79 Å². The predicted octanol–water partition coefficient (Wildman–Crippen LogP) is 2.21. The number of hydrogen-bond donors (Lipinski definition) is 0. The molecule has 0 spiro atoms. The highest BCUT2D eigenvalue weighted by atomic mass is 79.9. The predicted molar refractivity (Wildman–Crippen MR) is 26.4 cm³/mol. The smallest absolute Gasteiger partial charge is 0.0778 e. The largest absolute Gasteiger partial charge is 0.114 e. The first-order valence-corrected chi connectivity index (χ1v) is 2.19. The molecule has 0 radical (unpaired) electrons. The summed E-state index contributed by atoms with van der Waals surface area (Å²) in [6.45, 7) is 0. The Bertz CT molecular complexity index is 6.00. The van der Waals surface area contributed by atoms with E-state index in [4.69, 9.17) is 11.6 Å². The van der Waals surface area contributed by atoms with Crippen molar-refractivity contribution in [3.63, 3.8) is 0 Å². The van der Waals surface area contributed by atoms with Gasteiger partial charge in [-0.15, -0.1) is 11.6 Å². The Morgan fingerprint density at radius 1 is 1.75 bits per heavy atom. The van der Waals surface area contributed by atoms with Crippen LogP contribution >= 0.6 is 27.5 Å². The second-order valence-electron chi connectivity index (χ2n) is 0.101. The fourth-order valence-electron chi connectivity index (χ4n) is 0. The first-order chi connectivity index (χ1) is 1.41. The Hall–Kier alpha value is 0.770. The Labute approximate surface area is 40.3 Å². The lowest BCUT2D eigenvalue weighted by molar-refractivity contribution is 2.32. The molecule has 0 atom stereocenters. The SMILES string of the molecule is C.ClCBr. The van der Waals surface area contributed by atoms with Gasteiger partial charge in [-0.1, -0.05) is 23.4 Å². The summed E-state index contributed by atoms with van der Waals surface area (Å²) in [7, 11) is 0. The maximum Gasteiger partial charge on any atom is 0.0778 e. The van der Waals surface area contributed by atoms with Gasteiger partial charge in [-0.3, -0.25) is 0 Å². The molecule has 0 unspecified atom stereocenters. The molecule has 28 valence electrons. The van der Waals surface area contributed by atoms with Gasteiger partial charge in [0.15, 0.2) is 0 Å². The van der Waals surface area contributed by atoms with Gasteiger partial charge in [0.25, 0.3) is 0 Å². The highest BCUT2D eigenvalue weighted by Gasteiger charge is 1.41. The van der Waals surface area contributed by atoms with Crippen LogP contribution in [0.15, 0.2) is 0 Å². The van der Waals surface area contributed by atoms with Crippen molar-refractivity contribution in [1.29, 1.82) is 0 Å². The monoisotopic (exact) mass is 144 g/mol. The molecule has 0 aromatic carbocycles. The molecule has 0 fully saturated rings. The van der Waals surface area contributed by atoms with Gasteiger partial charge in [0, 0.05) is 0 Å². The van der Waals surface area contributed by atoms with Gasteiger partial charge in [-0.25, -0.2) is 0 Å². The van der Waals surface area contributed by atoms with Gasteiger partial charge in [0.1, 0.15) is 0 Å². The Kier molecular flexibility index (Phi) is 20.4. The molecule has 2 heteroatoms. The van der Waals surface area contributed by atoms with Crippen molar-refractivity contribution >= 4 is 27.5 Å². The average molecular weight is 145 g/mol. The van der Waals surface area contributed by atoms with E-state index < -0.39 is 0 Å². The summed E-state index contributed by atoms with van der Waals surface area (Å²) in [5.41, 5.74) is 0. The Morgan fingerprint density at radius 3 is 1.75 bits per heavy atom. The molecular weight excluding hydrogens is 139 g/mol. The fourth-order valence-corrected chi connectivity index (χ4v) is 0. The summed E-state index contributed by atoms with van der Waals surface area (Å²) >= 11 is 7.83. The Balaban J connectivity index is 0. The van der Waals surface area contributed by atoms with Crippen molar-refractivity contribution in [2.75, 3.05) is 4.79 Å². The summed E-state index contributed by atoms with van der Waals surface area (Å²) < 4.78 is 0. The van der Waals surface area contributed by atoms with E-state index in [2.05, 4.69) is 15.9 Å². The first-order valence-electron chi connectivity index (χ1n) is 0.535. The molecule has 0 N–H and O–H groups in total. The topological polar surface area (TPSA) is 0 Å². The molecule has 4 heavy (non-hydrogen) atoms. The third-order valence-electron chi connectivity index (χ3n) is 0. The van der Waals surface area contributed by atoms with Crippen LogP contribution in [0.5, 0.6) is 0 Å². The van der Waals surface area contributed by atoms with Crippen LogP contribution < -0.4 is 0 Å². The number of hydrogen-bond acceptors (Lipinski definition) is 0. The Morgan fingerprint density at radius 2 is 1.75 bits per heavy atom. The van der Waals surface area contributed by atoms with Crippen LogP contribution in [-0.4, -0.2) is 4.79 Å².